The normalized spacial score (nSPS) is 12.1. The number of carboxylic acids is 1. The molecule has 0 saturated heterocycles. The largest absolute Gasteiger partial charge is 0.480 e. The van der Waals surface area contributed by atoms with Crippen LogP contribution >= 0.6 is 11.3 Å². The summed E-state index contributed by atoms with van der Waals surface area (Å²) in [4.78, 5) is 23.0. The van der Waals surface area contributed by atoms with Crippen molar-refractivity contribution in [2.45, 2.75) is 31.7 Å². The Morgan fingerprint density at radius 2 is 2.22 bits per heavy atom. The van der Waals surface area contributed by atoms with E-state index >= 15 is 0 Å². The van der Waals surface area contributed by atoms with Crippen molar-refractivity contribution >= 4 is 23.2 Å². The van der Waals surface area contributed by atoms with Crippen molar-refractivity contribution in [3.63, 3.8) is 0 Å². The minimum atomic E-state index is -0.975. The number of nitrogens with one attached hydrogen (secondary N) is 1. The molecular weight excluding hydrogens is 252 g/mol. The zero-order valence-electron chi connectivity index (χ0n) is 10.1. The monoisotopic (exact) mass is 270 g/mol. The molecule has 1 aromatic rings. The topological polar surface area (TPSA) is 92.4 Å². The molecule has 1 aromatic heterocycles. The Morgan fingerprint density at radius 1 is 1.44 bits per heavy atom. The number of hydrogen-bond acceptors (Lipinski definition) is 4. The number of amides is 1. The third-order valence-electron chi connectivity index (χ3n) is 2.50. The van der Waals surface area contributed by atoms with Crippen molar-refractivity contribution in [3.8, 4) is 0 Å². The standard InChI is InChI=1S/C12H18N2O3S/c13-10(12(16)17)5-1-2-6-14-11(15)8-9-4-3-7-18-9/h3-4,7,10H,1-2,5-6,8,13H2,(H,14,15)(H,16,17)/t10-/m0/s1. The van der Waals surface area contributed by atoms with E-state index in [0.29, 0.717) is 25.8 Å². The Kier molecular flexibility index (Phi) is 6.38. The minimum Gasteiger partial charge on any atom is -0.480 e. The molecule has 100 valence electrons. The quantitative estimate of drug-likeness (QED) is 0.614. The summed E-state index contributed by atoms with van der Waals surface area (Å²) in [7, 11) is 0. The summed E-state index contributed by atoms with van der Waals surface area (Å²) in [5.41, 5.74) is 5.36. The Hall–Kier alpha value is -1.40. The van der Waals surface area contributed by atoms with Crippen LogP contribution in [0.1, 0.15) is 24.1 Å². The van der Waals surface area contributed by atoms with Crippen LogP contribution in [-0.2, 0) is 16.0 Å². The first-order valence-electron chi connectivity index (χ1n) is 5.87. The first kappa shape index (κ1) is 14.7. The summed E-state index contributed by atoms with van der Waals surface area (Å²) in [5.74, 6) is -0.975. The van der Waals surface area contributed by atoms with Gasteiger partial charge in [-0.2, -0.15) is 0 Å². The molecule has 0 aliphatic heterocycles. The number of carboxylic acid groups (broad SMARTS) is 1. The predicted octanol–water partition coefficient (Wildman–Crippen LogP) is 0.989. The van der Waals surface area contributed by atoms with Crippen LogP contribution in [0, 0.1) is 0 Å². The van der Waals surface area contributed by atoms with Crippen molar-refractivity contribution in [2.75, 3.05) is 6.54 Å². The molecule has 18 heavy (non-hydrogen) atoms. The second kappa shape index (κ2) is 7.84. The van der Waals surface area contributed by atoms with Crippen LogP contribution in [-0.4, -0.2) is 29.6 Å². The lowest BCUT2D eigenvalue weighted by Crippen LogP contribution is -2.30. The summed E-state index contributed by atoms with van der Waals surface area (Å²) in [5, 5.41) is 13.3. The van der Waals surface area contributed by atoms with Crippen LogP contribution in [0.5, 0.6) is 0 Å². The van der Waals surface area contributed by atoms with Gasteiger partial charge in [-0.25, -0.2) is 0 Å². The number of rotatable bonds is 8. The van der Waals surface area contributed by atoms with Gasteiger partial charge >= 0.3 is 5.97 Å². The maximum absolute atomic E-state index is 11.5. The molecule has 1 rings (SSSR count). The number of carbonyl (C=O) groups is 2. The van der Waals surface area contributed by atoms with E-state index in [2.05, 4.69) is 5.32 Å². The number of thiophene rings is 1. The van der Waals surface area contributed by atoms with E-state index in [1.54, 1.807) is 11.3 Å². The van der Waals surface area contributed by atoms with E-state index in [4.69, 9.17) is 10.8 Å². The van der Waals surface area contributed by atoms with Crippen LogP contribution in [0.4, 0.5) is 0 Å². The fraction of sp³-hybridized carbons (Fsp3) is 0.500. The summed E-state index contributed by atoms with van der Waals surface area (Å²) in [6.07, 6.45) is 2.30. The molecule has 0 radical (unpaired) electrons. The number of unbranched alkanes of at least 4 members (excludes halogenated alkanes) is 1. The zero-order chi connectivity index (χ0) is 13.4. The second-order valence-corrected chi connectivity index (χ2v) is 5.08. The number of carbonyl (C=O) groups excluding carboxylic acids is 1. The molecule has 0 spiro atoms. The van der Waals surface area contributed by atoms with E-state index in [1.807, 2.05) is 17.5 Å². The van der Waals surface area contributed by atoms with Crippen molar-refractivity contribution in [3.05, 3.63) is 22.4 Å². The molecule has 4 N–H and O–H groups in total. The smallest absolute Gasteiger partial charge is 0.320 e. The first-order valence-corrected chi connectivity index (χ1v) is 6.75. The highest BCUT2D eigenvalue weighted by molar-refractivity contribution is 7.10. The zero-order valence-corrected chi connectivity index (χ0v) is 10.9. The maximum atomic E-state index is 11.5. The highest BCUT2D eigenvalue weighted by Gasteiger charge is 2.10. The molecule has 1 amide bonds. The van der Waals surface area contributed by atoms with E-state index in [0.717, 1.165) is 11.3 Å². The third-order valence-corrected chi connectivity index (χ3v) is 3.37. The molecule has 0 unspecified atom stereocenters. The minimum absolute atomic E-state index is 0.0000157. The molecule has 0 fully saturated rings. The fourth-order valence-corrected chi connectivity index (χ4v) is 2.18. The average molecular weight is 270 g/mol. The molecule has 1 heterocycles. The Balaban J connectivity index is 2.04. The van der Waals surface area contributed by atoms with E-state index < -0.39 is 12.0 Å². The lowest BCUT2D eigenvalue weighted by Gasteiger charge is -2.06. The molecule has 0 saturated carbocycles. The highest BCUT2D eigenvalue weighted by Crippen LogP contribution is 2.08. The summed E-state index contributed by atoms with van der Waals surface area (Å²) < 4.78 is 0. The van der Waals surface area contributed by atoms with E-state index in [-0.39, 0.29) is 5.91 Å². The van der Waals surface area contributed by atoms with Crippen molar-refractivity contribution in [1.29, 1.82) is 0 Å². The van der Waals surface area contributed by atoms with Gasteiger partial charge in [0.25, 0.3) is 0 Å². The molecule has 0 aromatic carbocycles. The highest BCUT2D eigenvalue weighted by atomic mass is 32.1. The van der Waals surface area contributed by atoms with Gasteiger partial charge in [0.2, 0.25) is 5.91 Å². The summed E-state index contributed by atoms with van der Waals surface area (Å²) in [6, 6.07) is 3.04. The number of aliphatic carboxylic acids is 1. The molecule has 0 aliphatic carbocycles. The number of nitrogens with two attached hydrogens (primary N) is 1. The lowest BCUT2D eigenvalue weighted by atomic mass is 10.1. The molecule has 5 nitrogen and oxygen atoms in total. The van der Waals surface area contributed by atoms with Crippen LogP contribution < -0.4 is 11.1 Å². The SMILES string of the molecule is N[C@@H](CCCCNC(=O)Cc1cccs1)C(=O)O. The first-order chi connectivity index (χ1) is 8.59. The van der Waals surface area contributed by atoms with E-state index in [1.165, 1.54) is 0 Å². The second-order valence-electron chi connectivity index (χ2n) is 4.05. The van der Waals surface area contributed by atoms with E-state index in [9.17, 15) is 9.59 Å². The Labute approximate surface area is 110 Å². The van der Waals surface area contributed by atoms with Crippen molar-refractivity contribution in [2.24, 2.45) is 5.73 Å². The molecule has 6 heteroatoms. The fourth-order valence-electron chi connectivity index (χ4n) is 1.47. The summed E-state index contributed by atoms with van der Waals surface area (Å²) in [6.45, 7) is 0.566. The van der Waals surface area contributed by atoms with Gasteiger partial charge in [-0.15, -0.1) is 11.3 Å². The lowest BCUT2D eigenvalue weighted by molar-refractivity contribution is -0.138. The predicted molar refractivity (Wildman–Crippen MR) is 70.5 cm³/mol. The Morgan fingerprint density at radius 3 is 2.83 bits per heavy atom. The molecule has 1 atom stereocenters. The number of hydrogen-bond donors (Lipinski definition) is 3. The van der Waals surface area contributed by atoms with Crippen molar-refractivity contribution in [1.82, 2.24) is 5.32 Å². The van der Waals surface area contributed by atoms with Gasteiger partial charge in [-0.1, -0.05) is 6.07 Å². The molecule has 0 aliphatic rings. The van der Waals surface area contributed by atoms with Crippen LogP contribution in [0.3, 0.4) is 0 Å². The van der Waals surface area contributed by atoms with Gasteiger partial charge in [0.15, 0.2) is 0 Å². The maximum Gasteiger partial charge on any atom is 0.320 e. The summed E-state index contributed by atoms with van der Waals surface area (Å²) >= 11 is 1.56. The van der Waals surface area contributed by atoms with Gasteiger partial charge in [0.1, 0.15) is 6.04 Å². The third kappa shape index (κ3) is 5.79. The van der Waals surface area contributed by atoms with Gasteiger partial charge in [-0.05, 0) is 30.7 Å². The van der Waals surface area contributed by atoms with Gasteiger partial charge in [-0.3, -0.25) is 9.59 Å². The van der Waals surface area contributed by atoms with Crippen molar-refractivity contribution < 1.29 is 14.7 Å². The van der Waals surface area contributed by atoms with Crippen LogP contribution in [0.2, 0.25) is 0 Å². The van der Waals surface area contributed by atoms with Gasteiger partial charge < -0.3 is 16.2 Å². The Bertz CT molecular complexity index is 379. The van der Waals surface area contributed by atoms with Gasteiger partial charge in [0, 0.05) is 11.4 Å². The average Bonchev–Trinajstić information content (AvgIpc) is 2.80. The van der Waals surface area contributed by atoms with Gasteiger partial charge in [0.05, 0.1) is 6.42 Å². The van der Waals surface area contributed by atoms with Crippen LogP contribution in [0.25, 0.3) is 0 Å². The molecular formula is C12H18N2O3S. The van der Waals surface area contributed by atoms with Crippen LogP contribution in [0.15, 0.2) is 17.5 Å². The molecule has 0 bridgehead atoms.